The van der Waals surface area contributed by atoms with Crippen LogP contribution < -0.4 is 0 Å². The summed E-state index contributed by atoms with van der Waals surface area (Å²) in [6.07, 6.45) is 3.28. The van der Waals surface area contributed by atoms with Gasteiger partial charge in [0.1, 0.15) is 0 Å². The Hall–Kier alpha value is -0.560. The van der Waals surface area contributed by atoms with Crippen LogP contribution in [-0.2, 0) is 0 Å². The van der Waals surface area contributed by atoms with E-state index >= 15 is 0 Å². The summed E-state index contributed by atoms with van der Waals surface area (Å²) in [5.41, 5.74) is 0. The molecule has 8 heavy (non-hydrogen) atoms. The molecule has 0 spiro atoms. The highest BCUT2D eigenvalue weighted by Gasteiger charge is 1.58. The third-order valence-corrected chi connectivity index (χ3v) is 0.167. The second kappa shape index (κ2) is 9.67. The fourth-order valence-electron chi connectivity index (χ4n) is 0. The Balaban J connectivity index is 0. The molecule has 0 aliphatic carbocycles. The van der Waals surface area contributed by atoms with Gasteiger partial charge >= 0.3 is 0 Å². The summed E-state index contributed by atoms with van der Waals surface area (Å²) in [5.74, 6) is 0. The van der Waals surface area contributed by atoms with E-state index in [2.05, 4.69) is 13.2 Å². The molecule has 0 atom stereocenters. The Morgan fingerprint density at radius 3 is 1.12 bits per heavy atom. The van der Waals surface area contributed by atoms with Crippen molar-refractivity contribution in [1.29, 1.82) is 0 Å². The maximum absolute atomic E-state index is 3.36. The number of hydrogen-bond acceptors (Lipinski definition) is 1. The van der Waals surface area contributed by atoms with Gasteiger partial charge in [0.25, 0.3) is 0 Å². The van der Waals surface area contributed by atoms with Crippen LogP contribution in [0.1, 0.15) is 0 Å². The van der Waals surface area contributed by atoms with E-state index in [-0.39, 0.29) is 0 Å². The molecule has 0 aliphatic rings. The molecule has 0 aromatic heterocycles. The topological polar surface area (TPSA) is 3.24 Å². The lowest BCUT2D eigenvalue weighted by atomic mass is 10.6. The van der Waals surface area contributed by atoms with Crippen molar-refractivity contribution in [1.82, 2.24) is 4.90 Å². The second-order valence-electron chi connectivity index (χ2n) is 1.81. The highest BCUT2D eigenvalue weighted by atomic mass is 15.0. The lowest BCUT2D eigenvalue weighted by molar-refractivity contribution is 0.505. The van der Waals surface area contributed by atoms with Gasteiger partial charge in [-0.2, -0.15) is 0 Å². The van der Waals surface area contributed by atoms with E-state index in [1.807, 2.05) is 26.0 Å². The first kappa shape index (κ1) is 10.4. The Morgan fingerprint density at radius 2 is 1.12 bits per heavy atom. The molecule has 0 aromatic carbocycles. The van der Waals surface area contributed by atoms with Crippen molar-refractivity contribution in [3.63, 3.8) is 0 Å². The van der Waals surface area contributed by atoms with Gasteiger partial charge in [-0.3, -0.25) is 0 Å². The molecule has 0 unspecified atom stereocenters. The van der Waals surface area contributed by atoms with Gasteiger partial charge in [0, 0.05) is 0 Å². The van der Waals surface area contributed by atoms with E-state index in [4.69, 9.17) is 0 Å². The van der Waals surface area contributed by atoms with Crippen LogP contribution in [0.4, 0.5) is 0 Å². The first-order chi connectivity index (χ1) is 3.65. The lowest BCUT2D eigenvalue weighted by Crippen LogP contribution is -1.99. The molecule has 0 rings (SSSR count). The monoisotopic (exact) mass is 113 g/mol. The van der Waals surface area contributed by atoms with Crippen LogP contribution in [-0.4, -0.2) is 26.0 Å². The lowest BCUT2D eigenvalue weighted by Gasteiger charge is -1.90. The van der Waals surface area contributed by atoms with Gasteiger partial charge in [-0.25, -0.2) is 0 Å². The fraction of sp³-hybridized carbons (Fsp3) is 0.429. The molecular weight excluding hydrogens is 98.1 g/mol. The minimum atomic E-state index is 1.64. The van der Waals surface area contributed by atoms with Crippen LogP contribution in [0.2, 0.25) is 0 Å². The van der Waals surface area contributed by atoms with Crippen molar-refractivity contribution in [2.24, 2.45) is 0 Å². The number of hydrogen-bond donors (Lipinski definition) is 0. The third kappa shape index (κ3) is 554. The molecule has 0 fully saturated rings. The second-order valence-corrected chi connectivity index (χ2v) is 1.81. The van der Waals surface area contributed by atoms with Crippen LogP contribution in [0, 0.1) is 0 Å². The first-order valence-electron chi connectivity index (χ1n) is 2.49. The van der Waals surface area contributed by atoms with Gasteiger partial charge in [0.2, 0.25) is 0 Å². The van der Waals surface area contributed by atoms with Crippen molar-refractivity contribution >= 4 is 0 Å². The first-order valence-corrected chi connectivity index (χ1v) is 2.49. The summed E-state index contributed by atoms with van der Waals surface area (Å²) in [6, 6.07) is 0. The SMILES string of the molecule is C=CC=C.CN(C)C. The summed E-state index contributed by atoms with van der Waals surface area (Å²) in [7, 11) is 6.00. The van der Waals surface area contributed by atoms with Crippen LogP contribution >= 0.6 is 0 Å². The molecule has 1 nitrogen and oxygen atoms in total. The third-order valence-electron chi connectivity index (χ3n) is 0.167. The quantitative estimate of drug-likeness (QED) is 0.466. The molecule has 0 aliphatic heterocycles. The molecule has 1 heteroatoms. The summed E-state index contributed by atoms with van der Waals surface area (Å²) >= 11 is 0. The van der Waals surface area contributed by atoms with Crippen LogP contribution in [0.15, 0.2) is 25.3 Å². The van der Waals surface area contributed by atoms with Gasteiger partial charge in [-0.05, 0) is 21.1 Å². The Bertz CT molecular complexity index is 46.7. The molecule has 0 saturated carbocycles. The van der Waals surface area contributed by atoms with Gasteiger partial charge < -0.3 is 4.90 Å². The van der Waals surface area contributed by atoms with Gasteiger partial charge in [0.15, 0.2) is 0 Å². The average Bonchev–Trinajstić information content (AvgIpc) is 1.65. The minimum Gasteiger partial charge on any atom is -0.312 e. The van der Waals surface area contributed by atoms with Crippen molar-refractivity contribution in [2.75, 3.05) is 21.1 Å². The predicted octanol–water partition coefficient (Wildman–Crippen LogP) is 1.54. The molecule has 0 bridgehead atoms. The predicted molar refractivity (Wildman–Crippen MR) is 40.0 cm³/mol. The van der Waals surface area contributed by atoms with Crippen LogP contribution in [0.5, 0.6) is 0 Å². The number of nitrogens with zero attached hydrogens (tertiary/aromatic N) is 1. The maximum atomic E-state index is 3.36. The Labute approximate surface area is 52.3 Å². The zero-order valence-corrected chi connectivity index (χ0v) is 6.02. The zero-order valence-electron chi connectivity index (χ0n) is 6.02. The van der Waals surface area contributed by atoms with Crippen LogP contribution in [0.3, 0.4) is 0 Å². The fourth-order valence-corrected chi connectivity index (χ4v) is 0. The highest BCUT2D eigenvalue weighted by Crippen LogP contribution is 1.52. The van der Waals surface area contributed by atoms with Gasteiger partial charge in [0.05, 0.1) is 0 Å². The molecular formula is C7H15N. The average molecular weight is 113 g/mol. The molecule has 0 radical (unpaired) electrons. The summed E-state index contributed by atoms with van der Waals surface area (Å²) in [4.78, 5) is 2.00. The van der Waals surface area contributed by atoms with Gasteiger partial charge in [-0.1, -0.05) is 25.3 Å². The highest BCUT2D eigenvalue weighted by molar-refractivity contribution is 4.88. The molecule has 0 amide bonds. The van der Waals surface area contributed by atoms with E-state index in [0.717, 1.165) is 0 Å². The maximum Gasteiger partial charge on any atom is -0.0140 e. The summed E-state index contributed by atoms with van der Waals surface area (Å²) in [5, 5.41) is 0. The molecule has 0 saturated heterocycles. The van der Waals surface area contributed by atoms with E-state index < -0.39 is 0 Å². The molecule has 0 heterocycles. The normalized spacial score (nSPS) is 7.00. The number of allylic oxidation sites excluding steroid dienone is 2. The van der Waals surface area contributed by atoms with E-state index in [1.54, 1.807) is 12.2 Å². The Morgan fingerprint density at radius 1 is 1.00 bits per heavy atom. The zero-order chi connectivity index (χ0) is 6.99. The van der Waals surface area contributed by atoms with E-state index in [1.165, 1.54) is 0 Å². The molecule has 0 aromatic rings. The van der Waals surface area contributed by atoms with Gasteiger partial charge in [-0.15, -0.1) is 0 Å². The minimum absolute atomic E-state index is 1.64. The Kier molecular flexibility index (Phi) is 12.6. The van der Waals surface area contributed by atoms with Crippen molar-refractivity contribution in [2.45, 2.75) is 0 Å². The van der Waals surface area contributed by atoms with Crippen molar-refractivity contribution in [3.8, 4) is 0 Å². The largest absolute Gasteiger partial charge is 0.312 e. The smallest absolute Gasteiger partial charge is 0.0140 e. The van der Waals surface area contributed by atoms with E-state index in [9.17, 15) is 0 Å². The molecule has 0 N–H and O–H groups in total. The standard InChI is InChI=1S/C4H6.C3H9N/c1-3-4-2;1-4(2)3/h3-4H,1-2H2;1-3H3. The van der Waals surface area contributed by atoms with Crippen LogP contribution in [0.25, 0.3) is 0 Å². The van der Waals surface area contributed by atoms with Crippen molar-refractivity contribution in [3.05, 3.63) is 25.3 Å². The molecule has 48 valence electrons. The van der Waals surface area contributed by atoms with Crippen molar-refractivity contribution < 1.29 is 0 Å². The summed E-state index contributed by atoms with van der Waals surface area (Å²) < 4.78 is 0. The number of rotatable bonds is 1. The summed E-state index contributed by atoms with van der Waals surface area (Å²) in [6.45, 7) is 6.72. The van der Waals surface area contributed by atoms with E-state index in [0.29, 0.717) is 0 Å².